The molecule has 1 rings (SSSR count). The van der Waals surface area contributed by atoms with Gasteiger partial charge in [-0.3, -0.25) is 8.42 Å². The predicted molar refractivity (Wildman–Crippen MR) is 43.5 cm³/mol. The largest absolute Gasteiger partial charge is 0.759 e. The van der Waals surface area contributed by atoms with Crippen molar-refractivity contribution in [1.29, 1.82) is 0 Å². The first-order valence-corrected chi connectivity index (χ1v) is 4.86. The topological polar surface area (TPSA) is 108 Å². The minimum Gasteiger partial charge on any atom is -0.759 e. The molecule has 1 aromatic carbocycles. The summed E-state index contributed by atoms with van der Waals surface area (Å²) in [5.41, 5.74) is 4.73. The van der Waals surface area contributed by atoms with Crippen molar-refractivity contribution < 1.29 is 27.6 Å². The Labute approximate surface area is 80.9 Å². The molecule has 1 aromatic rings. The second-order valence-corrected chi connectivity index (χ2v) is 3.10. The maximum atomic E-state index is 12.2. The van der Waals surface area contributed by atoms with Gasteiger partial charge in [-0.1, -0.05) is 12.1 Å². The van der Waals surface area contributed by atoms with Crippen LogP contribution < -0.4 is 5.73 Å². The first kappa shape index (κ1) is 13.0. The average molecular weight is 222 g/mol. The lowest BCUT2D eigenvalue weighted by Gasteiger charge is -2.06. The first-order chi connectivity index (χ1) is 6.33. The van der Waals surface area contributed by atoms with Crippen molar-refractivity contribution in [3.05, 3.63) is 35.6 Å². The predicted octanol–water partition coefficient (Wildman–Crippen LogP) is -0.770. The van der Waals surface area contributed by atoms with Gasteiger partial charge in [-0.05, 0) is 12.1 Å². The zero-order valence-corrected chi connectivity index (χ0v) is 7.96. The fraction of sp³-hybridized carbons (Fsp3) is 0.143. The lowest BCUT2D eigenvalue weighted by atomic mass is 10.2. The molecule has 0 bridgehead atoms. The number of hydrogen-bond acceptors (Lipinski definition) is 4. The second kappa shape index (κ2) is 5.66. The summed E-state index contributed by atoms with van der Waals surface area (Å²) in [6.45, 7) is 0.722. The molecule has 14 heavy (non-hydrogen) atoms. The summed E-state index contributed by atoms with van der Waals surface area (Å²) in [7, 11) is -5.17. The molecular weight excluding hydrogens is 213 g/mol. The van der Waals surface area contributed by atoms with Crippen LogP contribution in [0.3, 0.4) is 0 Å². The van der Waals surface area contributed by atoms with E-state index in [2.05, 4.69) is 5.73 Å². The summed E-state index contributed by atoms with van der Waals surface area (Å²) in [6.07, 6.45) is 0. The third-order valence-corrected chi connectivity index (χ3v) is 1.20. The van der Waals surface area contributed by atoms with Crippen LogP contribution in [0.4, 0.5) is 4.39 Å². The molecule has 0 radical (unpaired) electrons. The van der Waals surface area contributed by atoms with Gasteiger partial charge in [-0.15, -0.1) is 0 Å². The third kappa shape index (κ3) is 9.07. The molecule has 0 spiro atoms. The van der Waals surface area contributed by atoms with Crippen LogP contribution in [-0.2, 0) is 16.9 Å². The fourth-order valence-corrected chi connectivity index (χ4v) is 0.651. The molecule has 0 saturated carbocycles. The van der Waals surface area contributed by atoms with Crippen LogP contribution in [0.5, 0.6) is 0 Å². The Morgan fingerprint density at radius 3 is 1.86 bits per heavy atom. The number of halogens is 1. The molecular formula is C7H9FNO4S-. The molecule has 0 saturated heterocycles. The van der Waals surface area contributed by atoms with Crippen molar-refractivity contribution in [3.63, 3.8) is 0 Å². The van der Waals surface area contributed by atoms with Gasteiger partial charge in [0.05, 0.1) is 6.54 Å². The van der Waals surface area contributed by atoms with Crippen LogP contribution in [0, 0.1) is 5.82 Å². The summed E-state index contributed by atoms with van der Waals surface area (Å²) in [5, 5.41) is 0. The summed E-state index contributed by atoms with van der Waals surface area (Å²) in [4.78, 5) is 0. The molecule has 0 aliphatic carbocycles. The van der Waals surface area contributed by atoms with E-state index in [0.29, 0.717) is 0 Å². The zero-order chi connectivity index (χ0) is 11.2. The summed E-state index contributed by atoms with van der Waals surface area (Å²) >= 11 is 0. The molecule has 80 valence electrons. The molecule has 0 fully saturated rings. The van der Waals surface area contributed by atoms with Crippen molar-refractivity contribution in [1.82, 2.24) is 0 Å². The van der Waals surface area contributed by atoms with Crippen molar-refractivity contribution in [2.75, 3.05) is 0 Å². The van der Waals surface area contributed by atoms with Gasteiger partial charge in [0, 0.05) is 16.0 Å². The lowest BCUT2D eigenvalue weighted by Crippen LogP contribution is -2.47. The second-order valence-electron chi connectivity index (χ2n) is 2.28. The molecule has 0 aromatic heterocycles. The number of hydrogen-bond donors (Lipinski definition) is 1. The molecule has 0 aliphatic rings. The van der Waals surface area contributed by atoms with Crippen molar-refractivity contribution in [3.8, 4) is 0 Å². The number of quaternary nitrogens is 1. The van der Waals surface area contributed by atoms with E-state index in [9.17, 15) is 4.39 Å². The van der Waals surface area contributed by atoms with E-state index in [4.69, 9.17) is 17.5 Å². The Hall–Kier alpha value is -1.02. The molecule has 0 aliphatic heterocycles. The smallest absolute Gasteiger partial charge is 0.123 e. The minimum absolute atomic E-state index is 0.188. The van der Waals surface area contributed by atoms with Gasteiger partial charge in [0.25, 0.3) is 0 Å². The molecule has 0 heterocycles. The van der Waals surface area contributed by atoms with Crippen LogP contribution in [0.25, 0.3) is 0 Å². The van der Waals surface area contributed by atoms with Gasteiger partial charge in [0.2, 0.25) is 0 Å². The highest BCUT2D eigenvalue weighted by atomic mass is 32.3. The van der Waals surface area contributed by atoms with Crippen LogP contribution in [0.1, 0.15) is 5.56 Å². The van der Waals surface area contributed by atoms with E-state index in [0.717, 1.165) is 12.1 Å². The zero-order valence-electron chi connectivity index (χ0n) is 7.14. The molecule has 3 N–H and O–H groups in total. The molecule has 0 atom stereocenters. The monoisotopic (exact) mass is 222 g/mol. The maximum absolute atomic E-state index is 12.2. The van der Waals surface area contributed by atoms with Crippen LogP contribution >= 0.6 is 0 Å². The summed E-state index contributed by atoms with van der Waals surface area (Å²) in [6, 6.07) is 6.37. The average Bonchev–Trinajstić information content (AvgIpc) is 2.03. The summed E-state index contributed by atoms with van der Waals surface area (Å²) < 4.78 is 46.3. The number of benzene rings is 1. The standard InChI is InChI=1S/C7H8FN.H2O4S/c8-7-3-1-6(5-9)2-4-7;1-5(2,3)4/h1-4H,5,9H2;(H2,1,2,3,4)/p-1. The summed E-state index contributed by atoms with van der Waals surface area (Å²) in [5.74, 6) is -0.188. The van der Waals surface area contributed by atoms with E-state index in [1.807, 2.05) is 0 Å². The van der Waals surface area contributed by atoms with Crippen molar-refractivity contribution in [2.24, 2.45) is 0 Å². The highest BCUT2D eigenvalue weighted by Crippen LogP contribution is 1.99. The van der Waals surface area contributed by atoms with Gasteiger partial charge in [-0.25, -0.2) is 4.39 Å². The number of rotatable bonds is 1. The lowest BCUT2D eigenvalue weighted by molar-refractivity contribution is -0.386. The molecule has 0 unspecified atom stereocenters. The Kier molecular flexibility index (Phi) is 5.24. The van der Waals surface area contributed by atoms with Crippen LogP contribution in [-0.4, -0.2) is 17.5 Å². The minimum atomic E-state index is -5.17. The van der Waals surface area contributed by atoms with Gasteiger partial charge in [0.15, 0.2) is 0 Å². The van der Waals surface area contributed by atoms with Gasteiger partial charge in [-0.2, -0.15) is 0 Å². The normalized spacial score (nSPS) is 10.3. The molecule has 7 heteroatoms. The Morgan fingerprint density at radius 1 is 1.21 bits per heavy atom. The van der Waals surface area contributed by atoms with E-state index >= 15 is 0 Å². The molecule has 0 amide bonds. The highest BCUT2D eigenvalue weighted by molar-refractivity contribution is 7.79. The Morgan fingerprint density at radius 2 is 1.57 bits per heavy atom. The van der Waals surface area contributed by atoms with E-state index in [-0.39, 0.29) is 5.82 Å². The third-order valence-electron chi connectivity index (χ3n) is 1.20. The first-order valence-electron chi connectivity index (χ1n) is 3.53. The van der Waals surface area contributed by atoms with Crippen LogP contribution in [0.15, 0.2) is 24.3 Å². The molecule has 5 nitrogen and oxygen atoms in total. The van der Waals surface area contributed by atoms with E-state index in [1.54, 1.807) is 12.1 Å². The quantitative estimate of drug-likeness (QED) is 0.497. The van der Waals surface area contributed by atoms with E-state index < -0.39 is 10.4 Å². The highest BCUT2D eigenvalue weighted by Gasteiger charge is 1.89. The van der Waals surface area contributed by atoms with Crippen LogP contribution in [0.2, 0.25) is 0 Å². The van der Waals surface area contributed by atoms with Gasteiger partial charge < -0.3 is 14.8 Å². The Bertz CT molecular complexity index is 354. The van der Waals surface area contributed by atoms with E-state index in [1.165, 1.54) is 12.1 Å². The van der Waals surface area contributed by atoms with Crippen molar-refractivity contribution in [2.45, 2.75) is 6.54 Å². The fourth-order valence-electron chi connectivity index (χ4n) is 0.651. The van der Waals surface area contributed by atoms with Gasteiger partial charge >= 0.3 is 0 Å². The van der Waals surface area contributed by atoms with Crippen molar-refractivity contribution >= 4 is 10.4 Å². The van der Waals surface area contributed by atoms with Gasteiger partial charge in [0.1, 0.15) is 5.82 Å². The maximum Gasteiger partial charge on any atom is 0.123 e. The SMILES string of the molecule is O=S(=O)([O-])[O-].[NH3+]Cc1ccc(F)cc1. The Balaban J connectivity index is 0.000000292.